The average molecular weight is 195 g/mol. The van der Waals surface area contributed by atoms with Crippen molar-refractivity contribution in [2.45, 2.75) is 26.0 Å². The lowest BCUT2D eigenvalue weighted by molar-refractivity contribution is -0.531. The van der Waals surface area contributed by atoms with E-state index in [9.17, 15) is 15.2 Å². The van der Waals surface area contributed by atoms with E-state index in [-0.39, 0.29) is 0 Å². The molecule has 0 radical (unpaired) electrons. The lowest BCUT2D eigenvalue weighted by Crippen LogP contribution is -2.23. The van der Waals surface area contributed by atoms with Crippen LogP contribution in [0.15, 0.2) is 24.3 Å². The molecule has 0 amide bonds. The number of aliphatic hydroxyl groups excluding tert-OH is 1. The van der Waals surface area contributed by atoms with Gasteiger partial charge in [0, 0.05) is 11.8 Å². The summed E-state index contributed by atoms with van der Waals surface area (Å²) in [5, 5.41) is 20.1. The summed E-state index contributed by atoms with van der Waals surface area (Å²) in [4.78, 5) is 9.97. The number of aliphatic hydroxyl groups is 1. The van der Waals surface area contributed by atoms with Crippen molar-refractivity contribution in [1.82, 2.24) is 0 Å². The molecule has 1 rings (SSSR count). The van der Waals surface area contributed by atoms with Crippen LogP contribution >= 0.6 is 0 Å². The fourth-order valence-electron chi connectivity index (χ4n) is 1.25. The first-order chi connectivity index (χ1) is 6.52. The maximum atomic E-state index is 10.4. The number of benzene rings is 1. The van der Waals surface area contributed by atoms with Gasteiger partial charge in [-0.3, -0.25) is 10.1 Å². The lowest BCUT2D eigenvalue weighted by Gasteiger charge is -2.12. The number of rotatable bonds is 3. The Morgan fingerprint density at radius 1 is 1.50 bits per heavy atom. The summed E-state index contributed by atoms with van der Waals surface area (Å²) in [6.45, 7) is 3.28. The molecule has 0 aliphatic carbocycles. The van der Waals surface area contributed by atoms with Gasteiger partial charge in [-0.15, -0.1) is 0 Å². The van der Waals surface area contributed by atoms with E-state index in [1.54, 1.807) is 18.2 Å². The predicted molar refractivity (Wildman–Crippen MR) is 52.6 cm³/mol. The Balaban J connectivity index is 2.89. The maximum absolute atomic E-state index is 10.4. The van der Waals surface area contributed by atoms with E-state index in [0.717, 1.165) is 5.56 Å². The molecule has 0 bridgehead atoms. The highest BCUT2D eigenvalue weighted by Gasteiger charge is 2.25. The van der Waals surface area contributed by atoms with E-state index in [2.05, 4.69) is 0 Å². The molecule has 4 heteroatoms. The predicted octanol–water partition coefficient (Wildman–Crippen LogP) is 1.69. The molecule has 0 heterocycles. The Kier molecular flexibility index (Phi) is 3.19. The highest BCUT2D eigenvalue weighted by Crippen LogP contribution is 2.19. The average Bonchev–Trinajstić information content (AvgIpc) is 2.15. The summed E-state index contributed by atoms with van der Waals surface area (Å²) in [7, 11) is 0. The summed E-state index contributed by atoms with van der Waals surface area (Å²) >= 11 is 0. The molecule has 0 aliphatic heterocycles. The molecule has 0 saturated carbocycles. The van der Waals surface area contributed by atoms with Crippen molar-refractivity contribution < 1.29 is 10.0 Å². The van der Waals surface area contributed by atoms with Crippen LogP contribution in [0.3, 0.4) is 0 Å². The normalized spacial score (nSPS) is 14.8. The van der Waals surface area contributed by atoms with Crippen LogP contribution in [-0.4, -0.2) is 16.1 Å². The first-order valence-corrected chi connectivity index (χ1v) is 4.40. The molecule has 1 aromatic rings. The minimum atomic E-state index is -1.04. The molecule has 0 spiro atoms. The van der Waals surface area contributed by atoms with Crippen molar-refractivity contribution in [2.75, 3.05) is 0 Å². The third kappa shape index (κ3) is 2.29. The standard InChI is InChI=1S/C10H13NO3/c1-7-4-3-5-9(6-7)10(12)8(2)11(13)14/h3-6,8,10,12H,1-2H3/t8-,10+/m1/s1. The van der Waals surface area contributed by atoms with Crippen LogP contribution in [0, 0.1) is 17.0 Å². The first kappa shape index (κ1) is 10.7. The monoisotopic (exact) mass is 195 g/mol. The van der Waals surface area contributed by atoms with Gasteiger partial charge in [0.1, 0.15) is 6.10 Å². The summed E-state index contributed by atoms with van der Waals surface area (Å²) < 4.78 is 0. The SMILES string of the molecule is Cc1cccc([C@@H](O)[C@@H](C)[N+](=O)[O-])c1. The molecule has 0 fully saturated rings. The molecule has 1 aromatic carbocycles. The van der Waals surface area contributed by atoms with Crippen molar-refractivity contribution in [3.63, 3.8) is 0 Å². The molecule has 0 aliphatic rings. The zero-order valence-corrected chi connectivity index (χ0v) is 8.18. The number of aryl methyl sites for hydroxylation is 1. The summed E-state index contributed by atoms with van der Waals surface area (Å²) in [6.07, 6.45) is -1.04. The number of hydrogen-bond donors (Lipinski definition) is 1. The van der Waals surface area contributed by atoms with Crippen LogP contribution in [0.4, 0.5) is 0 Å². The molecule has 76 valence electrons. The topological polar surface area (TPSA) is 63.4 Å². The van der Waals surface area contributed by atoms with Gasteiger partial charge in [0.2, 0.25) is 6.04 Å². The number of nitro groups is 1. The second-order valence-electron chi connectivity index (χ2n) is 3.38. The minimum Gasteiger partial charge on any atom is -0.381 e. The van der Waals surface area contributed by atoms with Crippen LogP contribution < -0.4 is 0 Å². The van der Waals surface area contributed by atoms with Gasteiger partial charge in [0.15, 0.2) is 0 Å². The van der Waals surface area contributed by atoms with Gasteiger partial charge in [0.25, 0.3) is 0 Å². The molecule has 4 nitrogen and oxygen atoms in total. The van der Waals surface area contributed by atoms with E-state index in [0.29, 0.717) is 5.56 Å². The van der Waals surface area contributed by atoms with Crippen molar-refractivity contribution in [1.29, 1.82) is 0 Å². The zero-order chi connectivity index (χ0) is 10.7. The molecular formula is C10H13NO3. The van der Waals surface area contributed by atoms with Crippen LogP contribution in [0.1, 0.15) is 24.2 Å². The van der Waals surface area contributed by atoms with Crippen molar-refractivity contribution >= 4 is 0 Å². The molecule has 14 heavy (non-hydrogen) atoms. The van der Waals surface area contributed by atoms with Gasteiger partial charge in [-0.25, -0.2) is 0 Å². The second-order valence-corrected chi connectivity index (χ2v) is 3.38. The lowest BCUT2D eigenvalue weighted by atomic mass is 10.0. The molecule has 2 atom stereocenters. The van der Waals surface area contributed by atoms with Crippen molar-refractivity contribution in [3.8, 4) is 0 Å². The second kappa shape index (κ2) is 4.19. The summed E-state index contributed by atoms with van der Waals surface area (Å²) in [5.41, 5.74) is 1.58. The van der Waals surface area contributed by atoms with E-state index >= 15 is 0 Å². The van der Waals surface area contributed by atoms with Crippen LogP contribution in [0.5, 0.6) is 0 Å². The van der Waals surface area contributed by atoms with Crippen LogP contribution in [0.2, 0.25) is 0 Å². The van der Waals surface area contributed by atoms with Gasteiger partial charge in [-0.2, -0.15) is 0 Å². The van der Waals surface area contributed by atoms with Crippen molar-refractivity contribution in [3.05, 3.63) is 45.5 Å². The van der Waals surface area contributed by atoms with Gasteiger partial charge in [0.05, 0.1) is 0 Å². The van der Waals surface area contributed by atoms with Crippen LogP contribution in [0.25, 0.3) is 0 Å². The van der Waals surface area contributed by atoms with Gasteiger partial charge < -0.3 is 5.11 Å². The molecule has 0 saturated heterocycles. The smallest absolute Gasteiger partial charge is 0.239 e. The molecular weight excluding hydrogens is 182 g/mol. The fraction of sp³-hybridized carbons (Fsp3) is 0.400. The van der Waals surface area contributed by atoms with Gasteiger partial charge >= 0.3 is 0 Å². The quantitative estimate of drug-likeness (QED) is 0.589. The number of hydrogen-bond acceptors (Lipinski definition) is 3. The van der Waals surface area contributed by atoms with E-state index in [1.807, 2.05) is 13.0 Å². The minimum absolute atomic E-state index is 0.479. The summed E-state index contributed by atoms with van der Waals surface area (Å²) in [5.74, 6) is 0. The van der Waals surface area contributed by atoms with E-state index in [1.165, 1.54) is 6.92 Å². The van der Waals surface area contributed by atoms with E-state index < -0.39 is 17.1 Å². The van der Waals surface area contributed by atoms with E-state index in [4.69, 9.17) is 0 Å². The van der Waals surface area contributed by atoms with Crippen LogP contribution in [-0.2, 0) is 0 Å². The first-order valence-electron chi connectivity index (χ1n) is 4.40. The largest absolute Gasteiger partial charge is 0.381 e. The highest BCUT2D eigenvalue weighted by atomic mass is 16.6. The maximum Gasteiger partial charge on any atom is 0.239 e. The third-order valence-corrected chi connectivity index (χ3v) is 2.17. The Hall–Kier alpha value is -1.42. The Morgan fingerprint density at radius 2 is 2.14 bits per heavy atom. The van der Waals surface area contributed by atoms with Crippen molar-refractivity contribution in [2.24, 2.45) is 0 Å². The Labute approximate surface area is 82.3 Å². The number of nitrogens with zero attached hydrogens (tertiary/aromatic N) is 1. The highest BCUT2D eigenvalue weighted by molar-refractivity contribution is 5.24. The summed E-state index contributed by atoms with van der Waals surface area (Å²) in [6, 6.07) is 6.13. The van der Waals surface area contributed by atoms with Gasteiger partial charge in [-0.05, 0) is 12.5 Å². The molecule has 0 aromatic heterocycles. The molecule has 0 unspecified atom stereocenters. The third-order valence-electron chi connectivity index (χ3n) is 2.17. The fourth-order valence-corrected chi connectivity index (χ4v) is 1.25. The Bertz CT molecular complexity index is 338. The van der Waals surface area contributed by atoms with Gasteiger partial charge in [-0.1, -0.05) is 29.8 Å². The zero-order valence-electron chi connectivity index (χ0n) is 8.18. The Morgan fingerprint density at radius 3 is 2.64 bits per heavy atom. The molecule has 1 N–H and O–H groups in total.